The summed E-state index contributed by atoms with van der Waals surface area (Å²) < 4.78 is 30.9. The van der Waals surface area contributed by atoms with Gasteiger partial charge in [-0.15, -0.1) is 0 Å². The lowest BCUT2D eigenvalue weighted by Crippen LogP contribution is -2.41. The molecule has 0 aromatic heterocycles. The molecule has 0 bridgehead atoms. The monoisotopic (exact) mass is 472 g/mol. The van der Waals surface area contributed by atoms with Crippen LogP contribution in [-0.4, -0.2) is 40.3 Å². The van der Waals surface area contributed by atoms with Gasteiger partial charge in [-0.1, -0.05) is 62.2 Å². The summed E-state index contributed by atoms with van der Waals surface area (Å²) >= 11 is 12.1. The molecule has 0 aliphatic rings. The Bertz CT molecular complexity index is 987. The van der Waals surface area contributed by atoms with Gasteiger partial charge in [0.1, 0.15) is 18.9 Å². The molecule has 2 aromatic rings. The van der Waals surface area contributed by atoms with Gasteiger partial charge in [0.05, 0.1) is 28.5 Å². The third-order valence-corrected chi connectivity index (χ3v) is 6.24. The van der Waals surface area contributed by atoms with Gasteiger partial charge in [0.25, 0.3) is 0 Å². The predicted molar refractivity (Wildman–Crippen MR) is 122 cm³/mol. The molecule has 0 atom stereocenters. The SMILES string of the molecule is CC(C)(C)c1ccc(OCCNC(=O)CN(c2cccc(Cl)c2Cl)S(C)(=O)=O)cc1. The minimum atomic E-state index is -3.74. The van der Waals surface area contributed by atoms with Gasteiger partial charge in [0, 0.05) is 0 Å². The number of carbonyl (C=O) groups is 1. The zero-order chi connectivity index (χ0) is 22.5. The van der Waals surface area contributed by atoms with Gasteiger partial charge in [-0.2, -0.15) is 0 Å². The Kier molecular flexibility index (Phi) is 8.02. The number of nitrogens with one attached hydrogen (secondary N) is 1. The fourth-order valence-electron chi connectivity index (χ4n) is 2.66. The molecular weight excluding hydrogens is 447 g/mol. The molecule has 0 aliphatic carbocycles. The molecule has 6 nitrogen and oxygen atoms in total. The Morgan fingerprint density at radius 3 is 2.30 bits per heavy atom. The normalized spacial score (nSPS) is 11.8. The summed E-state index contributed by atoms with van der Waals surface area (Å²) in [4.78, 5) is 12.3. The molecule has 0 unspecified atom stereocenters. The highest BCUT2D eigenvalue weighted by atomic mass is 35.5. The van der Waals surface area contributed by atoms with E-state index in [1.54, 1.807) is 12.1 Å². The summed E-state index contributed by atoms with van der Waals surface area (Å²) in [5.41, 5.74) is 1.41. The third-order valence-electron chi connectivity index (χ3n) is 4.30. The number of ether oxygens (including phenoxy) is 1. The standard InChI is InChI=1S/C21H26Cl2N2O4S/c1-21(2,3)15-8-10-16(11-9-15)29-13-12-24-19(26)14-25(30(4,27)28)18-7-5-6-17(22)20(18)23/h5-11H,12-14H2,1-4H3,(H,24,26). The molecule has 0 spiro atoms. The maximum atomic E-state index is 12.3. The van der Waals surface area contributed by atoms with E-state index >= 15 is 0 Å². The second-order valence-electron chi connectivity index (χ2n) is 7.82. The van der Waals surface area contributed by atoms with E-state index in [1.165, 1.54) is 11.6 Å². The van der Waals surface area contributed by atoms with E-state index in [0.717, 1.165) is 10.6 Å². The summed E-state index contributed by atoms with van der Waals surface area (Å²) in [7, 11) is -3.74. The molecule has 30 heavy (non-hydrogen) atoms. The van der Waals surface area contributed by atoms with Gasteiger partial charge in [0.2, 0.25) is 15.9 Å². The van der Waals surface area contributed by atoms with Crippen LogP contribution in [0.2, 0.25) is 10.0 Å². The molecule has 2 rings (SSSR count). The second kappa shape index (κ2) is 9.90. The molecule has 2 aromatic carbocycles. The zero-order valence-corrected chi connectivity index (χ0v) is 19.7. The smallest absolute Gasteiger partial charge is 0.240 e. The number of nitrogens with zero attached hydrogens (tertiary/aromatic N) is 1. The Balaban J connectivity index is 1.91. The number of amides is 1. The first-order valence-corrected chi connectivity index (χ1v) is 11.9. The van der Waals surface area contributed by atoms with Crippen LogP contribution < -0.4 is 14.4 Å². The highest BCUT2D eigenvalue weighted by Gasteiger charge is 2.23. The maximum Gasteiger partial charge on any atom is 0.240 e. The maximum absolute atomic E-state index is 12.3. The van der Waals surface area contributed by atoms with Gasteiger partial charge >= 0.3 is 0 Å². The first kappa shape index (κ1) is 24.3. The summed E-state index contributed by atoms with van der Waals surface area (Å²) in [5, 5.41) is 2.92. The van der Waals surface area contributed by atoms with Crippen LogP contribution in [0, 0.1) is 0 Å². The molecule has 1 amide bonds. The minimum Gasteiger partial charge on any atom is -0.492 e. The number of benzene rings is 2. The third kappa shape index (κ3) is 6.79. The molecule has 0 heterocycles. The van der Waals surface area contributed by atoms with E-state index in [0.29, 0.717) is 5.75 Å². The van der Waals surface area contributed by atoms with E-state index in [-0.39, 0.29) is 34.3 Å². The Morgan fingerprint density at radius 1 is 1.10 bits per heavy atom. The fourth-order valence-corrected chi connectivity index (χ4v) is 3.97. The van der Waals surface area contributed by atoms with Crippen molar-refractivity contribution < 1.29 is 17.9 Å². The molecular formula is C21H26Cl2N2O4S. The molecule has 0 saturated heterocycles. The number of hydrogen-bond donors (Lipinski definition) is 1. The van der Waals surface area contributed by atoms with E-state index in [2.05, 4.69) is 26.1 Å². The number of halogens is 2. The van der Waals surface area contributed by atoms with Crippen LogP contribution in [0.4, 0.5) is 5.69 Å². The molecule has 9 heteroatoms. The van der Waals surface area contributed by atoms with E-state index in [1.807, 2.05) is 24.3 Å². The van der Waals surface area contributed by atoms with Crippen molar-refractivity contribution in [3.63, 3.8) is 0 Å². The number of carbonyl (C=O) groups excluding carboxylic acids is 1. The van der Waals surface area contributed by atoms with Crippen LogP contribution in [0.1, 0.15) is 26.3 Å². The first-order chi connectivity index (χ1) is 13.9. The van der Waals surface area contributed by atoms with Gasteiger partial charge < -0.3 is 10.1 Å². The predicted octanol–water partition coefficient (Wildman–Crippen LogP) is 4.25. The molecule has 0 fully saturated rings. The van der Waals surface area contributed by atoms with Gasteiger partial charge in [-0.3, -0.25) is 9.10 Å². The minimum absolute atomic E-state index is 0.0594. The number of rotatable bonds is 8. The summed E-state index contributed by atoms with van der Waals surface area (Å²) in [6.45, 7) is 6.45. The van der Waals surface area contributed by atoms with Crippen molar-refractivity contribution in [1.82, 2.24) is 5.32 Å². The number of hydrogen-bond acceptors (Lipinski definition) is 4. The lowest BCUT2D eigenvalue weighted by atomic mass is 9.87. The average Bonchev–Trinajstić information content (AvgIpc) is 2.65. The molecule has 0 radical (unpaired) electrons. The number of sulfonamides is 1. The molecule has 0 aliphatic heterocycles. The largest absolute Gasteiger partial charge is 0.492 e. The lowest BCUT2D eigenvalue weighted by Gasteiger charge is -2.23. The van der Waals surface area contributed by atoms with E-state index < -0.39 is 22.5 Å². The Hall–Kier alpha value is -1.96. The van der Waals surface area contributed by atoms with Gasteiger partial charge in [-0.25, -0.2) is 8.42 Å². The lowest BCUT2D eigenvalue weighted by molar-refractivity contribution is -0.119. The topological polar surface area (TPSA) is 75.7 Å². The van der Waals surface area contributed by atoms with Crippen LogP contribution in [0.5, 0.6) is 5.75 Å². The zero-order valence-electron chi connectivity index (χ0n) is 17.4. The molecule has 0 saturated carbocycles. The summed E-state index contributed by atoms with van der Waals surface area (Å²) in [6.07, 6.45) is 1.00. The van der Waals surface area contributed by atoms with Crippen molar-refractivity contribution in [2.24, 2.45) is 0 Å². The van der Waals surface area contributed by atoms with Crippen LogP contribution in [0.3, 0.4) is 0 Å². The highest BCUT2D eigenvalue weighted by molar-refractivity contribution is 7.92. The van der Waals surface area contributed by atoms with Crippen molar-refractivity contribution in [2.45, 2.75) is 26.2 Å². The summed E-state index contributed by atoms with van der Waals surface area (Å²) in [6, 6.07) is 12.4. The van der Waals surface area contributed by atoms with Crippen molar-refractivity contribution >= 4 is 44.8 Å². The van der Waals surface area contributed by atoms with Crippen LogP contribution >= 0.6 is 23.2 Å². The average molecular weight is 473 g/mol. The molecule has 1 N–H and O–H groups in total. The van der Waals surface area contributed by atoms with E-state index in [9.17, 15) is 13.2 Å². The summed E-state index contributed by atoms with van der Waals surface area (Å²) in [5.74, 6) is 0.212. The van der Waals surface area contributed by atoms with Crippen molar-refractivity contribution in [3.05, 3.63) is 58.1 Å². The van der Waals surface area contributed by atoms with Crippen molar-refractivity contribution in [3.8, 4) is 5.75 Å². The van der Waals surface area contributed by atoms with E-state index in [4.69, 9.17) is 27.9 Å². The quantitative estimate of drug-likeness (QED) is 0.582. The Morgan fingerprint density at radius 2 is 1.73 bits per heavy atom. The van der Waals surface area contributed by atoms with Crippen LogP contribution in [0.15, 0.2) is 42.5 Å². The van der Waals surface area contributed by atoms with Crippen molar-refractivity contribution in [2.75, 3.05) is 30.3 Å². The second-order valence-corrected chi connectivity index (χ2v) is 10.5. The van der Waals surface area contributed by atoms with Crippen molar-refractivity contribution in [1.29, 1.82) is 0 Å². The van der Waals surface area contributed by atoms with Crippen LogP contribution in [-0.2, 0) is 20.2 Å². The number of anilines is 1. The first-order valence-electron chi connectivity index (χ1n) is 9.31. The molecule has 164 valence electrons. The fraction of sp³-hybridized carbons (Fsp3) is 0.381. The highest BCUT2D eigenvalue weighted by Crippen LogP contribution is 2.33. The Labute approximate surface area is 188 Å². The van der Waals surface area contributed by atoms with Gasteiger partial charge in [0.15, 0.2) is 0 Å². The van der Waals surface area contributed by atoms with Crippen LogP contribution in [0.25, 0.3) is 0 Å². The van der Waals surface area contributed by atoms with Gasteiger partial charge in [-0.05, 0) is 35.2 Å².